The van der Waals surface area contributed by atoms with Crippen molar-refractivity contribution in [3.8, 4) is 0 Å². The molecule has 0 fully saturated rings. The number of hydrogen-bond acceptors (Lipinski definition) is 4. The third kappa shape index (κ3) is 1.80. The van der Waals surface area contributed by atoms with Crippen LogP contribution in [0.1, 0.15) is 0 Å². The SMILES string of the molecule is Nc1nccnc1Nc1ccccc1. The fourth-order valence-corrected chi connectivity index (χ4v) is 1.10. The minimum atomic E-state index is 0.399. The van der Waals surface area contributed by atoms with Gasteiger partial charge in [-0.15, -0.1) is 0 Å². The van der Waals surface area contributed by atoms with Gasteiger partial charge in [-0.25, -0.2) is 9.97 Å². The molecule has 1 aromatic carbocycles. The van der Waals surface area contributed by atoms with E-state index in [9.17, 15) is 0 Å². The maximum absolute atomic E-state index is 5.63. The first-order valence-corrected chi connectivity index (χ1v) is 4.25. The molecule has 14 heavy (non-hydrogen) atoms. The normalized spacial score (nSPS) is 9.71. The molecular weight excluding hydrogens is 176 g/mol. The van der Waals surface area contributed by atoms with Crippen molar-refractivity contribution in [2.24, 2.45) is 0 Å². The van der Waals surface area contributed by atoms with Gasteiger partial charge in [0.1, 0.15) is 0 Å². The molecule has 0 unspecified atom stereocenters. The molecule has 2 rings (SSSR count). The highest BCUT2D eigenvalue weighted by molar-refractivity contribution is 5.64. The van der Waals surface area contributed by atoms with Crippen LogP contribution in [0.2, 0.25) is 0 Å². The van der Waals surface area contributed by atoms with E-state index < -0.39 is 0 Å². The van der Waals surface area contributed by atoms with Crippen molar-refractivity contribution >= 4 is 17.3 Å². The maximum Gasteiger partial charge on any atom is 0.173 e. The number of benzene rings is 1. The van der Waals surface area contributed by atoms with Crippen molar-refractivity contribution in [3.05, 3.63) is 42.7 Å². The van der Waals surface area contributed by atoms with E-state index in [2.05, 4.69) is 15.3 Å². The van der Waals surface area contributed by atoms with E-state index in [1.807, 2.05) is 30.3 Å². The van der Waals surface area contributed by atoms with Crippen molar-refractivity contribution in [1.82, 2.24) is 9.97 Å². The van der Waals surface area contributed by atoms with Crippen LogP contribution in [0.5, 0.6) is 0 Å². The van der Waals surface area contributed by atoms with Gasteiger partial charge in [-0.05, 0) is 12.1 Å². The molecule has 4 heteroatoms. The fraction of sp³-hybridized carbons (Fsp3) is 0. The predicted molar refractivity (Wildman–Crippen MR) is 56.2 cm³/mol. The smallest absolute Gasteiger partial charge is 0.173 e. The molecule has 1 heterocycles. The van der Waals surface area contributed by atoms with E-state index in [0.29, 0.717) is 11.6 Å². The summed E-state index contributed by atoms with van der Waals surface area (Å²) in [5.74, 6) is 0.982. The number of nitrogens with two attached hydrogens (primary N) is 1. The summed E-state index contributed by atoms with van der Waals surface area (Å²) in [6.45, 7) is 0. The zero-order valence-electron chi connectivity index (χ0n) is 7.51. The Labute approximate surface area is 81.8 Å². The Hall–Kier alpha value is -2.10. The zero-order valence-corrected chi connectivity index (χ0v) is 7.51. The highest BCUT2D eigenvalue weighted by Crippen LogP contribution is 2.16. The molecule has 0 aliphatic heterocycles. The fourth-order valence-electron chi connectivity index (χ4n) is 1.10. The second kappa shape index (κ2) is 3.74. The second-order valence-corrected chi connectivity index (χ2v) is 2.78. The first-order valence-electron chi connectivity index (χ1n) is 4.25. The number of para-hydroxylation sites is 1. The lowest BCUT2D eigenvalue weighted by Gasteiger charge is -2.05. The number of aromatic nitrogens is 2. The molecular formula is C10H10N4. The molecule has 3 N–H and O–H groups in total. The molecule has 0 saturated carbocycles. The summed E-state index contributed by atoms with van der Waals surface area (Å²) in [6.07, 6.45) is 3.16. The molecule has 1 aromatic heterocycles. The first-order chi connectivity index (χ1) is 6.86. The number of hydrogen-bond donors (Lipinski definition) is 2. The van der Waals surface area contributed by atoms with E-state index in [1.165, 1.54) is 0 Å². The Morgan fingerprint density at radius 2 is 1.71 bits per heavy atom. The van der Waals surface area contributed by atoms with E-state index in [4.69, 9.17) is 5.73 Å². The minimum Gasteiger partial charge on any atom is -0.381 e. The van der Waals surface area contributed by atoms with E-state index in [1.54, 1.807) is 12.4 Å². The van der Waals surface area contributed by atoms with Crippen molar-refractivity contribution in [2.75, 3.05) is 11.1 Å². The molecule has 0 atom stereocenters. The van der Waals surface area contributed by atoms with Crippen LogP contribution in [0, 0.1) is 0 Å². The topological polar surface area (TPSA) is 63.8 Å². The Kier molecular flexibility index (Phi) is 2.27. The molecule has 0 aliphatic carbocycles. The Morgan fingerprint density at radius 3 is 2.43 bits per heavy atom. The van der Waals surface area contributed by atoms with Crippen LogP contribution < -0.4 is 11.1 Å². The Bertz CT molecular complexity index is 413. The molecule has 70 valence electrons. The van der Waals surface area contributed by atoms with Gasteiger partial charge in [-0.1, -0.05) is 18.2 Å². The zero-order chi connectivity index (χ0) is 9.80. The molecule has 0 amide bonds. The van der Waals surface area contributed by atoms with Crippen molar-refractivity contribution in [3.63, 3.8) is 0 Å². The molecule has 0 radical (unpaired) electrons. The molecule has 0 bridgehead atoms. The van der Waals surface area contributed by atoms with E-state index in [0.717, 1.165) is 5.69 Å². The number of anilines is 3. The van der Waals surface area contributed by atoms with Crippen LogP contribution in [0.15, 0.2) is 42.7 Å². The molecule has 0 saturated heterocycles. The molecule has 4 nitrogen and oxygen atoms in total. The van der Waals surface area contributed by atoms with Gasteiger partial charge in [0, 0.05) is 18.1 Å². The van der Waals surface area contributed by atoms with Gasteiger partial charge in [0.25, 0.3) is 0 Å². The van der Waals surface area contributed by atoms with Crippen LogP contribution in [0.4, 0.5) is 17.3 Å². The number of nitrogens with zero attached hydrogens (tertiary/aromatic N) is 2. The first kappa shape index (κ1) is 8.50. The van der Waals surface area contributed by atoms with Crippen LogP contribution in [-0.4, -0.2) is 9.97 Å². The van der Waals surface area contributed by atoms with Crippen LogP contribution in [0.3, 0.4) is 0 Å². The standard InChI is InChI=1S/C10H10N4/c11-9-10(13-7-6-12-9)14-8-4-2-1-3-5-8/h1-7H,(H2,11,12)(H,13,14). The largest absolute Gasteiger partial charge is 0.381 e. The van der Waals surface area contributed by atoms with Crippen LogP contribution in [-0.2, 0) is 0 Å². The highest BCUT2D eigenvalue weighted by Gasteiger charge is 1.99. The molecule has 0 spiro atoms. The van der Waals surface area contributed by atoms with Crippen molar-refractivity contribution in [1.29, 1.82) is 0 Å². The van der Waals surface area contributed by atoms with Gasteiger partial charge in [0.15, 0.2) is 11.6 Å². The summed E-state index contributed by atoms with van der Waals surface area (Å²) in [6, 6.07) is 9.71. The van der Waals surface area contributed by atoms with Gasteiger partial charge in [-0.2, -0.15) is 0 Å². The third-order valence-corrected chi connectivity index (χ3v) is 1.76. The third-order valence-electron chi connectivity index (χ3n) is 1.76. The molecule has 2 aromatic rings. The monoisotopic (exact) mass is 186 g/mol. The van der Waals surface area contributed by atoms with E-state index >= 15 is 0 Å². The van der Waals surface area contributed by atoms with Gasteiger partial charge >= 0.3 is 0 Å². The Morgan fingerprint density at radius 1 is 1.00 bits per heavy atom. The van der Waals surface area contributed by atoms with Crippen LogP contribution in [0.25, 0.3) is 0 Å². The van der Waals surface area contributed by atoms with Crippen molar-refractivity contribution in [2.45, 2.75) is 0 Å². The summed E-state index contributed by atoms with van der Waals surface area (Å²) >= 11 is 0. The van der Waals surface area contributed by atoms with Gasteiger partial charge in [-0.3, -0.25) is 0 Å². The van der Waals surface area contributed by atoms with Gasteiger partial charge < -0.3 is 11.1 Å². The van der Waals surface area contributed by atoms with Crippen LogP contribution >= 0.6 is 0 Å². The quantitative estimate of drug-likeness (QED) is 0.750. The number of nitrogens with one attached hydrogen (secondary N) is 1. The maximum atomic E-state index is 5.63. The minimum absolute atomic E-state index is 0.399. The predicted octanol–water partition coefficient (Wildman–Crippen LogP) is 1.80. The summed E-state index contributed by atoms with van der Waals surface area (Å²) in [7, 11) is 0. The number of rotatable bonds is 2. The average molecular weight is 186 g/mol. The van der Waals surface area contributed by atoms with Gasteiger partial charge in [0.2, 0.25) is 0 Å². The lowest BCUT2D eigenvalue weighted by Crippen LogP contribution is -2.00. The summed E-state index contributed by atoms with van der Waals surface area (Å²) in [4.78, 5) is 8.00. The molecule has 0 aliphatic rings. The lowest BCUT2D eigenvalue weighted by atomic mass is 10.3. The summed E-state index contributed by atoms with van der Waals surface area (Å²) in [5, 5.41) is 3.07. The van der Waals surface area contributed by atoms with Gasteiger partial charge in [0.05, 0.1) is 0 Å². The summed E-state index contributed by atoms with van der Waals surface area (Å²) < 4.78 is 0. The summed E-state index contributed by atoms with van der Waals surface area (Å²) in [5.41, 5.74) is 6.58. The second-order valence-electron chi connectivity index (χ2n) is 2.78. The Balaban J connectivity index is 2.24. The lowest BCUT2D eigenvalue weighted by molar-refractivity contribution is 1.21. The number of nitrogen functional groups attached to an aromatic ring is 1. The van der Waals surface area contributed by atoms with Crippen molar-refractivity contribution < 1.29 is 0 Å². The average Bonchev–Trinajstić information content (AvgIpc) is 2.23. The van der Waals surface area contributed by atoms with E-state index in [-0.39, 0.29) is 0 Å². The highest BCUT2D eigenvalue weighted by atomic mass is 15.0.